The zero-order valence-corrected chi connectivity index (χ0v) is 14.8. The Morgan fingerprint density at radius 3 is 2.38 bits per heavy atom. The number of rotatable bonds is 8. The van der Waals surface area contributed by atoms with Gasteiger partial charge in [-0.3, -0.25) is 4.79 Å². The monoisotopic (exact) mass is 296 g/mol. The van der Waals surface area contributed by atoms with Gasteiger partial charge in [0.15, 0.2) is 0 Å². The number of hydrogen-bond acceptors (Lipinski definition) is 2. The van der Waals surface area contributed by atoms with E-state index in [1.165, 1.54) is 19.3 Å². The Morgan fingerprint density at radius 1 is 1.19 bits per heavy atom. The zero-order chi connectivity index (χ0) is 15.8. The molecule has 0 radical (unpaired) electrons. The summed E-state index contributed by atoms with van der Waals surface area (Å²) in [4.78, 5) is 14.8. The molecule has 1 heterocycles. The molecule has 2 unspecified atom stereocenters. The van der Waals surface area contributed by atoms with Gasteiger partial charge in [-0.15, -0.1) is 0 Å². The topological polar surface area (TPSA) is 32.3 Å². The molecule has 0 aromatic carbocycles. The van der Waals surface area contributed by atoms with E-state index in [-0.39, 0.29) is 5.92 Å². The molecule has 0 spiro atoms. The van der Waals surface area contributed by atoms with Gasteiger partial charge in [0.05, 0.1) is 0 Å². The summed E-state index contributed by atoms with van der Waals surface area (Å²) in [6.07, 6.45) is 5.55. The van der Waals surface area contributed by atoms with Crippen molar-refractivity contribution in [1.29, 1.82) is 0 Å². The second kappa shape index (κ2) is 9.45. The van der Waals surface area contributed by atoms with Crippen LogP contribution in [0.25, 0.3) is 0 Å². The lowest BCUT2D eigenvalue weighted by atomic mass is 9.90. The number of carbonyl (C=O) groups is 1. The summed E-state index contributed by atoms with van der Waals surface area (Å²) in [6, 6.07) is 0.487. The van der Waals surface area contributed by atoms with E-state index in [1.54, 1.807) is 0 Å². The molecule has 1 fully saturated rings. The van der Waals surface area contributed by atoms with E-state index in [0.717, 1.165) is 38.4 Å². The van der Waals surface area contributed by atoms with Gasteiger partial charge in [0.1, 0.15) is 0 Å². The molecule has 0 aromatic heterocycles. The molecule has 1 aliphatic rings. The van der Waals surface area contributed by atoms with Gasteiger partial charge in [-0.25, -0.2) is 0 Å². The summed E-state index contributed by atoms with van der Waals surface area (Å²) in [5.41, 5.74) is 0. The first-order valence-corrected chi connectivity index (χ1v) is 9.03. The standard InChI is InChI=1S/C18H36N2O/c1-6-15-11-17(19-10-9-14(4)5)13-20(12-15)18(21)16(7-2)8-3/h14-17,19H,6-13H2,1-5H3. The Balaban J connectivity index is 2.57. The molecule has 1 N–H and O–H groups in total. The average Bonchev–Trinajstić information content (AvgIpc) is 2.47. The molecule has 2 atom stereocenters. The van der Waals surface area contributed by atoms with Crippen molar-refractivity contribution >= 4 is 5.91 Å². The predicted octanol–water partition coefficient (Wildman–Crippen LogP) is 3.69. The predicted molar refractivity (Wildman–Crippen MR) is 90.3 cm³/mol. The van der Waals surface area contributed by atoms with Crippen LogP contribution in [-0.2, 0) is 4.79 Å². The lowest BCUT2D eigenvalue weighted by molar-refractivity contribution is -0.138. The third-order valence-electron chi connectivity index (χ3n) is 4.92. The van der Waals surface area contributed by atoms with Crippen LogP contribution in [0.15, 0.2) is 0 Å². The highest BCUT2D eigenvalue weighted by Crippen LogP contribution is 2.23. The van der Waals surface area contributed by atoms with Crippen LogP contribution in [0.4, 0.5) is 0 Å². The molecule has 0 aromatic rings. The Morgan fingerprint density at radius 2 is 1.86 bits per heavy atom. The average molecular weight is 296 g/mol. The van der Waals surface area contributed by atoms with Crippen LogP contribution in [0, 0.1) is 17.8 Å². The number of amides is 1. The minimum absolute atomic E-state index is 0.219. The first kappa shape index (κ1) is 18.5. The molecule has 3 heteroatoms. The summed E-state index contributed by atoms with van der Waals surface area (Å²) >= 11 is 0. The minimum Gasteiger partial charge on any atom is -0.341 e. The van der Waals surface area contributed by atoms with Gasteiger partial charge in [0.25, 0.3) is 0 Å². The third-order valence-corrected chi connectivity index (χ3v) is 4.92. The Bertz CT molecular complexity index is 300. The lowest BCUT2D eigenvalue weighted by Crippen LogP contribution is -2.52. The van der Waals surface area contributed by atoms with Crippen molar-refractivity contribution in [2.24, 2.45) is 17.8 Å². The van der Waals surface area contributed by atoms with Crippen molar-refractivity contribution in [3.8, 4) is 0 Å². The van der Waals surface area contributed by atoms with Crippen molar-refractivity contribution in [3.05, 3.63) is 0 Å². The fourth-order valence-electron chi connectivity index (χ4n) is 3.30. The van der Waals surface area contributed by atoms with Crippen LogP contribution in [0.3, 0.4) is 0 Å². The minimum atomic E-state index is 0.219. The highest BCUT2D eigenvalue weighted by atomic mass is 16.2. The number of piperidine rings is 1. The Kier molecular flexibility index (Phi) is 8.31. The van der Waals surface area contributed by atoms with E-state index < -0.39 is 0 Å². The normalized spacial score (nSPS) is 23.1. The summed E-state index contributed by atoms with van der Waals surface area (Å²) in [5.74, 6) is 2.00. The molecule has 0 bridgehead atoms. The molecule has 1 amide bonds. The van der Waals surface area contributed by atoms with E-state index in [4.69, 9.17) is 0 Å². The Hall–Kier alpha value is -0.570. The van der Waals surface area contributed by atoms with Crippen LogP contribution < -0.4 is 5.32 Å². The molecule has 1 saturated heterocycles. The Labute approximate surface area is 131 Å². The molecule has 1 aliphatic heterocycles. The summed E-state index contributed by atoms with van der Waals surface area (Å²) in [5, 5.41) is 3.68. The van der Waals surface area contributed by atoms with Gasteiger partial charge in [0.2, 0.25) is 5.91 Å². The first-order chi connectivity index (χ1) is 10.0. The maximum atomic E-state index is 12.6. The number of nitrogens with one attached hydrogen (secondary N) is 1. The van der Waals surface area contributed by atoms with Crippen molar-refractivity contribution in [2.45, 2.75) is 72.8 Å². The molecule has 0 saturated carbocycles. The van der Waals surface area contributed by atoms with Crippen LogP contribution in [0.2, 0.25) is 0 Å². The van der Waals surface area contributed by atoms with Crippen molar-refractivity contribution < 1.29 is 4.79 Å². The maximum absolute atomic E-state index is 12.6. The second-order valence-corrected chi connectivity index (χ2v) is 7.10. The van der Waals surface area contributed by atoms with Crippen LogP contribution >= 0.6 is 0 Å². The van der Waals surface area contributed by atoms with Gasteiger partial charge in [0, 0.05) is 25.0 Å². The summed E-state index contributed by atoms with van der Waals surface area (Å²) in [6.45, 7) is 14.0. The summed E-state index contributed by atoms with van der Waals surface area (Å²) in [7, 11) is 0. The molecule has 3 nitrogen and oxygen atoms in total. The van der Waals surface area contributed by atoms with E-state index >= 15 is 0 Å². The largest absolute Gasteiger partial charge is 0.341 e. The highest BCUT2D eigenvalue weighted by molar-refractivity contribution is 5.78. The number of carbonyl (C=O) groups excluding carboxylic acids is 1. The third kappa shape index (κ3) is 5.98. The van der Waals surface area contributed by atoms with Crippen LogP contribution in [-0.4, -0.2) is 36.5 Å². The number of likely N-dealkylation sites (tertiary alicyclic amines) is 1. The molecule has 124 valence electrons. The van der Waals surface area contributed by atoms with Crippen LogP contribution in [0.1, 0.15) is 66.7 Å². The van der Waals surface area contributed by atoms with Crippen molar-refractivity contribution in [1.82, 2.24) is 10.2 Å². The fraction of sp³-hybridized carbons (Fsp3) is 0.944. The summed E-state index contributed by atoms with van der Waals surface area (Å²) < 4.78 is 0. The molecular weight excluding hydrogens is 260 g/mol. The molecule has 21 heavy (non-hydrogen) atoms. The molecule has 0 aliphatic carbocycles. The molecule has 1 rings (SSSR count). The SMILES string of the molecule is CCC1CC(NCCC(C)C)CN(C(=O)C(CC)CC)C1. The number of nitrogens with zero attached hydrogens (tertiary/aromatic N) is 1. The van der Waals surface area contributed by atoms with Crippen molar-refractivity contribution in [2.75, 3.05) is 19.6 Å². The quantitative estimate of drug-likeness (QED) is 0.741. The van der Waals surface area contributed by atoms with E-state index in [9.17, 15) is 4.79 Å². The maximum Gasteiger partial charge on any atom is 0.225 e. The van der Waals surface area contributed by atoms with Gasteiger partial charge in [-0.2, -0.15) is 0 Å². The second-order valence-electron chi connectivity index (χ2n) is 7.10. The van der Waals surface area contributed by atoms with Crippen LogP contribution in [0.5, 0.6) is 0 Å². The van der Waals surface area contributed by atoms with E-state index in [2.05, 4.69) is 44.8 Å². The van der Waals surface area contributed by atoms with E-state index in [0.29, 0.717) is 17.9 Å². The lowest BCUT2D eigenvalue weighted by Gasteiger charge is -2.39. The van der Waals surface area contributed by atoms with Gasteiger partial charge >= 0.3 is 0 Å². The van der Waals surface area contributed by atoms with Gasteiger partial charge < -0.3 is 10.2 Å². The van der Waals surface area contributed by atoms with Gasteiger partial charge in [-0.05, 0) is 44.1 Å². The fourth-order valence-corrected chi connectivity index (χ4v) is 3.30. The highest BCUT2D eigenvalue weighted by Gasteiger charge is 2.31. The van der Waals surface area contributed by atoms with Gasteiger partial charge in [-0.1, -0.05) is 41.0 Å². The smallest absolute Gasteiger partial charge is 0.225 e. The first-order valence-electron chi connectivity index (χ1n) is 9.03. The van der Waals surface area contributed by atoms with Crippen molar-refractivity contribution in [3.63, 3.8) is 0 Å². The molecular formula is C18H36N2O. The zero-order valence-electron chi connectivity index (χ0n) is 14.8. The van der Waals surface area contributed by atoms with E-state index in [1.807, 2.05) is 0 Å². The number of hydrogen-bond donors (Lipinski definition) is 1.